The molecule has 1 heterocycles. The number of rotatable bonds is 6. The van der Waals surface area contributed by atoms with Gasteiger partial charge in [-0.3, -0.25) is 14.4 Å². The molecule has 1 aliphatic heterocycles. The second-order valence-electron chi connectivity index (χ2n) is 9.62. The third-order valence-electron chi connectivity index (χ3n) is 5.21. The Bertz CT molecular complexity index is 1280. The van der Waals surface area contributed by atoms with E-state index in [1.807, 2.05) is 20.8 Å². The molecule has 13 heteroatoms. The molecule has 2 amide bonds. The summed E-state index contributed by atoms with van der Waals surface area (Å²) in [7, 11) is -3.12. The number of hydrogen-bond acceptors (Lipinski definition) is 6. The van der Waals surface area contributed by atoms with Crippen molar-refractivity contribution >= 4 is 33.4 Å². The van der Waals surface area contributed by atoms with Gasteiger partial charge < -0.3 is 14.8 Å². The second kappa shape index (κ2) is 10.5. The number of anilines is 2. The zero-order valence-corrected chi connectivity index (χ0v) is 21.5. The number of nitrogens with one attached hydrogen (secondary N) is 2. The van der Waals surface area contributed by atoms with Gasteiger partial charge in [-0.25, -0.2) is 13.2 Å². The molecule has 0 aromatic heterocycles. The minimum absolute atomic E-state index is 0.0146. The number of halogens is 3. The molecule has 37 heavy (non-hydrogen) atoms. The number of ether oxygens (including phenoxy) is 2. The van der Waals surface area contributed by atoms with Crippen LogP contribution in [0.5, 0.6) is 5.75 Å². The topological polar surface area (TPSA) is 114 Å². The monoisotopic (exact) mass is 543 g/mol. The van der Waals surface area contributed by atoms with Crippen molar-refractivity contribution in [2.24, 2.45) is 5.41 Å². The number of carbonyl (C=O) groups is 2. The van der Waals surface area contributed by atoms with Gasteiger partial charge in [0, 0.05) is 12.7 Å². The van der Waals surface area contributed by atoms with Crippen LogP contribution < -0.4 is 19.7 Å². The van der Waals surface area contributed by atoms with Crippen LogP contribution in [0.15, 0.2) is 47.4 Å². The summed E-state index contributed by atoms with van der Waals surface area (Å²) < 4.78 is 78.8. The van der Waals surface area contributed by atoms with E-state index in [2.05, 4.69) is 10.6 Å². The van der Waals surface area contributed by atoms with Crippen LogP contribution in [0.3, 0.4) is 0 Å². The Morgan fingerprint density at radius 3 is 2.46 bits per heavy atom. The molecular weight excluding hydrogens is 515 g/mol. The summed E-state index contributed by atoms with van der Waals surface area (Å²) in [6, 6.07) is 7.54. The average molecular weight is 544 g/mol. The van der Waals surface area contributed by atoms with Crippen LogP contribution in [0.2, 0.25) is 0 Å². The van der Waals surface area contributed by atoms with Gasteiger partial charge in [-0.1, -0.05) is 26.8 Å². The van der Waals surface area contributed by atoms with E-state index in [-0.39, 0.29) is 42.1 Å². The van der Waals surface area contributed by atoms with Crippen LogP contribution in [0.1, 0.15) is 32.8 Å². The molecule has 9 nitrogen and oxygen atoms in total. The van der Waals surface area contributed by atoms with Crippen LogP contribution in [-0.2, 0) is 25.7 Å². The maximum atomic E-state index is 13.6. The molecular formula is C24H28F3N3O6S. The molecule has 0 spiro atoms. The van der Waals surface area contributed by atoms with E-state index >= 15 is 0 Å². The van der Waals surface area contributed by atoms with Crippen molar-refractivity contribution in [2.75, 3.05) is 29.8 Å². The lowest BCUT2D eigenvalue weighted by Gasteiger charge is -2.35. The fourth-order valence-corrected chi connectivity index (χ4v) is 4.97. The first-order valence-corrected chi connectivity index (χ1v) is 12.7. The summed E-state index contributed by atoms with van der Waals surface area (Å²) in [4.78, 5) is 23.6. The molecule has 0 saturated heterocycles. The fraction of sp³-hybridized carbons (Fsp3) is 0.417. The van der Waals surface area contributed by atoms with Gasteiger partial charge >= 0.3 is 12.3 Å². The number of hydrogen-bond donors (Lipinski definition) is 2. The van der Waals surface area contributed by atoms with Crippen molar-refractivity contribution in [3.05, 3.63) is 48.0 Å². The van der Waals surface area contributed by atoms with Gasteiger partial charge in [0.1, 0.15) is 11.9 Å². The maximum Gasteiger partial charge on any atom is 0.416 e. The van der Waals surface area contributed by atoms with Gasteiger partial charge in [-0.15, -0.1) is 0 Å². The SMILES string of the molecule is CNC(=O)C[C@H]1CN(S(=O)(=O)c2cccc(C(F)(F)F)c2)c2cc(NC(=O)OCC(C)(C)C)ccc2O1. The molecule has 202 valence electrons. The van der Waals surface area contributed by atoms with Gasteiger partial charge in [0.05, 0.1) is 35.7 Å². The molecule has 0 radical (unpaired) electrons. The quantitative estimate of drug-likeness (QED) is 0.559. The number of amides is 2. The molecule has 2 aromatic carbocycles. The number of fused-ring (bicyclic) bond motifs is 1. The summed E-state index contributed by atoms with van der Waals surface area (Å²) >= 11 is 0. The Morgan fingerprint density at radius 1 is 1.14 bits per heavy atom. The maximum absolute atomic E-state index is 13.6. The molecule has 0 bridgehead atoms. The van der Waals surface area contributed by atoms with Crippen molar-refractivity contribution < 1.29 is 40.7 Å². The van der Waals surface area contributed by atoms with E-state index in [0.717, 1.165) is 22.5 Å². The second-order valence-corrected chi connectivity index (χ2v) is 11.5. The van der Waals surface area contributed by atoms with Crippen molar-refractivity contribution in [2.45, 2.75) is 44.4 Å². The van der Waals surface area contributed by atoms with E-state index in [0.29, 0.717) is 6.07 Å². The summed E-state index contributed by atoms with van der Waals surface area (Å²) in [5, 5.41) is 4.93. The molecule has 1 atom stereocenters. The van der Waals surface area contributed by atoms with Crippen LogP contribution in [0.25, 0.3) is 0 Å². The van der Waals surface area contributed by atoms with Crippen molar-refractivity contribution in [3.63, 3.8) is 0 Å². The predicted octanol–water partition coefficient (Wildman–Crippen LogP) is 4.39. The molecule has 0 aliphatic carbocycles. The Balaban J connectivity index is 2.00. The normalized spacial score (nSPS) is 15.9. The molecule has 2 N–H and O–H groups in total. The summed E-state index contributed by atoms with van der Waals surface area (Å²) in [6.45, 7) is 5.41. The van der Waals surface area contributed by atoms with Crippen molar-refractivity contribution in [3.8, 4) is 5.75 Å². The van der Waals surface area contributed by atoms with E-state index in [1.165, 1.54) is 25.2 Å². The first-order chi connectivity index (χ1) is 17.1. The Morgan fingerprint density at radius 2 is 1.84 bits per heavy atom. The van der Waals surface area contributed by atoms with E-state index < -0.39 is 44.8 Å². The van der Waals surface area contributed by atoms with Crippen LogP contribution in [0, 0.1) is 5.41 Å². The molecule has 0 saturated carbocycles. The Kier molecular flexibility index (Phi) is 7.96. The number of alkyl halides is 3. The first kappa shape index (κ1) is 28.1. The fourth-order valence-electron chi connectivity index (χ4n) is 3.43. The standard InChI is InChI=1S/C24H28F3N3O6S/c1-23(2,3)14-35-22(32)29-16-8-9-20-19(11-16)30(13-17(36-20)12-21(31)28-4)37(33,34)18-7-5-6-15(10-18)24(25,26)27/h5-11,17H,12-14H2,1-4H3,(H,28,31)(H,29,32)/t17-/m0/s1. The first-order valence-electron chi connectivity index (χ1n) is 11.3. The Labute approximate surface area is 213 Å². The lowest BCUT2D eigenvalue weighted by molar-refractivity contribution is -0.137. The molecule has 2 aromatic rings. The van der Waals surface area contributed by atoms with Crippen LogP contribution in [-0.4, -0.2) is 46.7 Å². The Hall–Kier alpha value is -3.48. The minimum Gasteiger partial charge on any atom is -0.486 e. The zero-order chi connectivity index (χ0) is 27.6. The van der Waals surface area contributed by atoms with E-state index in [1.54, 1.807) is 0 Å². The predicted molar refractivity (Wildman–Crippen MR) is 130 cm³/mol. The van der Waals surface area contributed by atoms with Crippen LogP contribution in [0.4, 0.5) is 29.3 Å². The van der Waals surface area contributed by atoms with Crippen molar-refractivity contribution in [1.82, 2.24) is 5.32 Å². The highest BCUT2D eigenvalue weighted by atomic mass is 32.2. The van der Waals surface area contributed by atoms with E-state index in [4.69, 9.17) is 9.47 Å². The number of carbonyl (C=O) groups excluding carboxylic acids is 2. The van der Waals surface area contributed by atoms with Gasteiger partial charge in [0.2, 0.25) is 5.91 Å². The van der Waals surface area contributed by atoms with Crippen molar-refractivity contribution in [1.29, 1.82) is 0 Å². The summed E-state index contributed by atoms with van der Waals surface area (Å²) in [5.74, 6) is -0.339. The number of nitrogens with zero attached hydrogens (tertiary/aromatic N) is 1. The van der Waals surface area contributed by atoms with Gasteiger partial charge in [-0.05, 0) is 41.8 Å². The smallest absolute Gasteiger partial charge is 0.416 e. The summed E-state index contributed by atoms with van der Waals surface area (Å²) in [6.07, 6.45) is -6.62. The minimum atomic E-state index is -4.75. The highest BCUT2D eigenvalue weighted by molar-refractivity contribution is 7.92. The largest absolute Gasteiger partial charge is 0.486 e. The van der Waals surface area contributed by atoms with Crippen LogP contribution >= 0.6 is 0 Å². The average Bonchev–Trinajstić information content (AvgIpc) is 2.81. The number of sulfonamides is 1. The van der Waals surface area contributed by atoms with E-state index in [9.17, 15) is 31.2 Å². The van der Waals surface area contributed by atoms with Gasteiger partial charge in [0.15, 0.2) is 0 Å². The third kappa shape index (κ3) is 7.06. The molecule has 0 unspecified atom stereocenters. The molecule has 0 fully saturated rings. The molecule has 1 aliphatic rings. The third-order valence-corrected chi connectivity index (χ3v) is 6.99. The summed E-state index contributed by atoms with van der Waals surface area (Å²) in [5.41, 5.74) is -1.24. The molecule has 3 rings (SSSR count). The lowest BCUT2D eigenvalue weighted by atomic mass is 9.99. The highest BCUT2D eigenvalue weighted by Crippen LogP contribution is 2.40. The highest BCUT2D eigenvalue weighted by Gasteiger charge is 2.37. The number of benzene rings is 2. The zero-order valence-electron chi connectivity index (χ0n) is 20.7. The van der Waals surface area contributed by atoms with Gasteiger partial charge in [0.25, 0.3) is 10.0 Å². The lowest BCUT2D eigenvalue weighted by Crippen LogP contribution is -2.45. The van der Waals surface area contributed by atoms with Gasteiger partial charge in [-0.2, -0.15) is 13.2 Å².